The normalized spacial score (nSPS) is 16.5. The summed E-state index contributed by atoms with van der Waals surface area (Å²) in [6.45, 7) is -0.388. The third kappa shape index (κ3) is 3.88. The van der Waals surface area contributed by atoms with Crippen LogP contribution in [0.25, 0.3) is 10.1 Å². The highest BCUT2D eigenvalue weighted by Gasteiger charge is 2.25. The Hall–Kier alpha value is -1.64. The Labute approximate surface area is 140 Å². The summed E-state index contributed by atoms with van der Waals surface area (Å²) in [6.07, 6.45) is -0.663. The van der Waals surface area contributed by atoms with Gasteiger partial charge < -0.3 is 29.1 Å². The van der Waals surface area contributed by atoms with Crippen LogP contribution >= 0.6 is 18.9 Å². The number of carbonyl (C=O) groups excluding carboxylic acids is 1. The highest BCUT2D eigenvalue weighted by Crippen LogP contribution is 2.41. The van der Waals surface area contributed by atoms with E-state index in [0.29, 0.717) is 22.8 Å². The third-order valence-corrected chi connectivity index (χ3v) is 5.12. The van der Waals surface area contributed by atoms with Gasteiger partial charge >= 0.3 is 13.6 Å². The van der Waals surface area contributed by atoms with Crippen LogP contribution in [-0.2, 0) is 9.30 Å². The first-order valence-electron chi connectivity index (χ1n) is 7.09. The van der Waals surface area contributed by atoms with Crippen molar-refractivity contribution in [3.05, 3.63) is 23.1 Å². The lowest BCUT2D eigenvalue weighted by atomic mass is 10.2. The Balaban J connectivity index is 1.72. The Morgan fingerprint density at radius 2 is 1.96 bits per heavy atom. The van der Waals surface area contributed by atoms with E-state index in [9.17, 15) is 9.36 Å². The zero-order valence-electron chi connectivity index (χ0n) is 12.4. The Bertz CT molecular complexity index is 767. The van der Waals surface area contributed by atoms with Gasteiger partial charge in [0.1, 0.15) is 11.5 Å². The number of aliphatic hydroxyl groups is 1. The van der Waals surface area contributed by atoms with Gasteiger partial charge in [-0.05, 0) is 17.5 Å². The second-order valence-corrected chi connectivity index (χ2v) is 8.01. The van der Waals surface area contributed by atoms with Crippen LogP contribution in [0, 0.1) is 0 Å². The molecule has 0 saturated carbocycles. The molecule has 130 valence electrons. The molecule has 2 aromatic rings. The molecule has 1 atom stereocenters. The molecule has 2 heterocycles. The fraction of sp³-hybridized carbons (Fsp3) is 0.357. The van der Waals surface area contributed by atoms with Gasteiger partial charge in [-0.25, -0.2) is 4.79 Å². The van der Waals surface area contributed by atoms with Gasteiger partial charge in [0.15, 0.2) is 11.5 Å². The molecular weight excluding hydrogens is 359 g/mol. The number of carbonyl (C=O) groups is 1. The van der Waals surface area contributed by atoms with Crippen molar-refractivity contribution >= 4 is 35.0 Å². The lowest BCUT2D eigenvalue weighted by Crippen LogP contribution is -2.19. The SMILES string of the molecule is O=C(OCCP(=O)(O)O)c1cc2cc3c(cc2s1)OC(CCO)O3. The minimum absolute atomic E-state index is 0.0440. The van der Waals surface area contributed by atoms with Crippen molar-refractivity contribution in [2.75, 3.05) is 19.4 Å². The lowest BCUT2D eigenvalue weighted by Gasteiger charge is -2.06. The molecule has 0 saturated heterocycles. The zero-order valence-corrected chi connectivity index (χ0v) is 14.1. The van der Waals surface area contributed by atoms with Crippen molar-refractivity contribution in [3.8, 4) is 11.5 Å². The molecular formula is C14H15O8PS. The predicted octanol–water partition coefficient (Wildman–Crippen LogP) is 1.72. The van der Waals surface area contributed by atoms with E-state index in [-0.39, 0.29) is 13.2 Å². The van der Waals surface area contributed by atoms with Crippen molar-refractivity contribution in [2.45, 2.75) is 12.7 Å². The molecule has 0 aliphatic carbocycles. The second kappa shape index (κ2) is 6.70. The summed E-state index contributed by atoms with van der Waals surface area (Å²) in [5, 5.41) is 9.69. The van der Waals surface area contributed by atoms with Crippen LogP contribution in [0.5, 0.6) is 11.5 Å². The highest BCUT2D eigenvalue weighted by atomic mass is 32.1. The summed E-state index contributed by atoms with van der Waals surface area (Å²) >= 11 is 1.19. The van der Waals surface area contributed by atoms with Crippen molar-refractivity contribution in [2.24, 2.45) is 0 Å². The number of hydrogen-bond donors (Lipinski definition) is 3. The Morgan fingerprint density at radius 1 is 1.25 bits per heavy atom. The summed E-state index contributed by atoms with van der Waals surface area (Å²) in [4.78, 5) is 29.8. The van der Waals surface area contributed by atoms with Crippen LogP contribution in [-0.4, -0.2) is 46.5 Å². The van der Waals surface area contributed by atoms with Crippen LogP contribution in [0.1, 0.15) is 16.1 Å². The summed E-state index contributed by atoms with van der Waals surface area (Å²) in [5.41, 5.74) is 0. The molecule has 24 heavy (non-hydrogen) atoms. The summed E-state index contributed by atoms with van der Waals surface area (Å²) in [6, 6.07) is 5.12. The van der Waals surface area contributed by atoms with E-state index >= 15 is 0 Å². The smallest absolute Gasteiger partial charge is 0.348 e. The molecule has 1 aliphatic heterocycles. The third-order valence-electron chi connectivity index (χ3n) is 3.28. The van der Waals surface area contributed by atoms with Crippen molar-refractivity contribution in [3.63, 3.8) is 0 Å². The molecule has 0 spiro atoms. The maximum atomic E-state index is 11.9. The first-order chi connectivity index (χ1) is 11.4. The number of aliphatic hydroxyl groups excluding tert-OH is 1. The predicted molar refractivity (Wildman–Crippen MR) is 85.8 cm³/mol. The maximum Gasteiger partial charge on any atom is 0.348 e. The average Bonchev–Trinajstić information content (AvgIpc) is 3.05. The fourth-order valence-electron chi connectivity index (χ4n) is 2.19. The molecule has 0 radical (unpaired) electrons. The molecule has 1 unspecified atom stereocenters. The van der Waals surface area contributed by atoms with Crippen LogP contribution in [0.2, 0.25) is 0 Å². The minimum atomic E-state index is -4.19. The first-order valence-corrected chi connectivity index (χ1v) is 9.70. The number of fused-ring (bicyclic) bond motifs is 2. The van der Waals surface area contributed by atoms with E-state index in [2.05, 4.69) is 0 Å². The van der Waals surface area contributed by atoms with Crippen molar-refractivity contribution in [1.82, 2.24) is 0 Å². The second-order valence-electron chi connectivity index (χ2n) is 5.15. The molecule has 1 aliphatic rings. The lowest BCUT2D eigenvalue weighted by molar-refractivity contribution is 0.0271. The minimum Gasteiger partial charge on any atom is -0.461 e. The number of esters is 1. The molecule has 8 nitrogen and oxygen atoms in total. The highest BCUT2D eigenvalue weighted by molar-refractivity contribution is 7.51. The number of thiophene rings is 1. The van der Waals surface area contributed by atoms with Gasteiger partial charge in [-0.3, -0.25) is 4.57 Å². The van der Waals surface area contributed by atoms with E-state index in [1.54, 1.807) is 18.2 Å². The molecule has 10 heteroatoms. The van der Waals surface area contributed by atoms with Crippen LogP contribution in [0.3, 0.4) is 0 Å². The molecule has 1 aromatic carbocycles. The van der Waals surface area contributed by atoms with E-state index < -0.39 is 26.0 Å². The van der Waals surface area contributed by atoms with E-state index in [1.807, 2.05) is 0 Å². The van der Waals surface area contributed by atoms with Crippen molar-refractivity contribution < 1.29 is 38.5 Å². The molecule has 0 amide bonds. The van der Waals surface area contributed by atoms with Gasteiger partial charge in [-0.15, -0.1) is 11.3 Å². The Kier molecular flexibility index (Phi) is 4.80. The molecule has 3 rings (SSSR count). The largest absolute Gasteiger partial charge is 0.461 e. The first kappa shape index (κ1) is 17.2. The zero-order chi connectivity index (χ0) is 17.3. The van der Waals surface area contributed by atoms with Gasteiger partial charge in [0, 0.05) is 17.2 Å². The topological polar surface area (TPSA) is 123 Å². The number of rotatable bonds is 6. The van der Waals surface area contributed by atoms with Gasteiger partial charge in [0.2, 0.25) is 6.29 Å². The molecule has 1 aromatic heterocycles. The summed E-state index contributed by atoms with van der Waals surface area (Å²) in [7, 11) is -4.19. The van der Waals surface area contributed by atoms with E-state index in [1.165, 1.54) is 11.3 Å². The van der Waals surface area contributed by atoms with Gasteiger partial charge in [0.25, 0.3) is 0 Å². The van der Waals surface area contributed by atoms with Crippen LogP contribution in [0.4, 0.5) is 0 Å². The fourth-order valence-corrected chi connectivity index (χ4v) is 3.49. The summed E-state index contributed by atoms with van der Waals surface area (Å²) < 4.78 is 27.5. The molecule has 3 N–H and O–H groups in total. The maximum absolute atomic E-state index is 11.9. The van der Waals surface area contributed by atoms with Crippen LogP contribution in [0.15, 0.2) is 18.2 Å². The molecule has 0 fully saturated rings. The average molecular weight is 374 g/mol. The number of benzene rings is 1. The van der Waals surface area contributed by atoms with Gasteiger partial charge in [0.05, 0.1) is 12.8 Å². The van der Waals surface area contributed by atoms with Gasteiger partial charge in [-0.2, -0.15) is 0 Å². The monoisotopic (exact) mass is 374 g/mol. The van der Waals surface area contributed by atoms with Gasteiger partial charge in [-0.1, -0.05) is 0 Å². The quantitative estimate of drug-likeness (QED) is 0.516. The van der Waals surface area contributed by atoms with Crippen molar-refractivity contribution in [1.29, 1.82) is 0 Å². The van der Waals surface area contributed by atoms with E-state index in [4.69, 9.17) is 29.1 Å². The Morgan fingerprint density at radius 3 is 2.62 bits per heavy atom. The number of hydrogen-bond acceptors (Lipinski definition) is 7. The summed E-state index contributed by atoms with van der Waals surface area (Å²) in [5.74, 6) is 0.453. The van der Waals surface area contributed by atoms with E-state index in [0.717, 1.165) is 10.1 Å². The standard InChI is InChI=1S/C14H15O8PS/c15-2-1-13-21-9-5-8-6-12(24-11(8)7-10(9)22-13)14(16)20-3-4-23(17,18)19/h5-7,13,15H,1-4H2,(H2,17,18,19). The van der Waals surface area contributed by atoms with Crippen LogP contribution < -0.4 is 9.47 Å². The number of ether oxygens (including phenoxy) is 3. The molecule has 0 bridgehead atoms.